The third-order valence-electron chi connectivity index (χ3n) is 12.8. The summed E-state index contributed by atoms with van der Waals surface area (Å²) in [4.78, 5) is 73.9. The molecular weight excluding hydrogens is 799 g/mol. The molecule has 6 heterocycles. The van der Waals surface area contributed by atoms with Gasteiger partial charge in [0.1, 0.15) is 24.4 Å². The average molecular weight is 860 g/mol. The molecule has 0 radical (unpaired) electrons. The molecule has 3 aromatic heterocycles. The Kier molecular flexibility index (Phi) is 14.3. The van der Waals surface area contributed by atoms with Crippen LogP contribution in [0.3, 0.4) is 0 Å². The Labute approximate surface area is 360 Å². The van der Waals surface area contributed by atoms with Crippen molar-refractivity contribution in [2.24, 2.45) is 0 Å². The first-order valence-corrected chi connectivity index (χ1v) is 21.3. The number of ketones is 1. The number of H-pyrrole nitrogens is 2. The number of methoxy groups -OCH3 is 1. The summed E-state index contributed by atoms with van der Waals surface area (Å²) in [5.41, 5.74) is 7.53. The van der Waals surface area contributed by atoms with E-state index in [1.54, 1.807) is 0 Å². The molecule has 336 valence electrons. The Morgan fingerprint density at radius 3 is 2.16 bits per heavy atom. The monoisotopic (exact) mass is 859 g/mol. The van der Waals surface area contributed by atoms with E-state index in [1.165, 1.54) is 14.0 Å². The molecule has 0 saturated carbocycles. The van der Waals surface area contributed by atoms with Crippen molar-refractivity contribution in [1.82, 2.24) is 35.5 Å². The van der Waals surface area contributed by atoms with E-state index in [2.05, 4.69) is 34.4 Å². The first-order chi connectivity index (χ1) is 29.4. The summed E-state index contributed by atoms with van der Waals surface area (Å²) in [7, 11) is 5.10. The molecule has 8 bridgehead atoms. The lowest BCUT2D eigenvalue weighted by atomic mass is 9.84. The van der Waals surface area contributed by atoms with Gasteiger partial charge in [-0.2, -0.15) is 0 Å². The maximum atomic E-state index is 14.3. The van der Waals surface area contributed by atoms with Crippen molar-refractivity contribution in [2.45, 2.75) is 122 Å². The van der Waals surface area contributed by atoms with Crippen LogP contribution in [-0.2, 0) is 25.5 Å². The molecule has 8 N–H and O–H groups in total. The number of hydrogen-bond acceptors (Lipinski definition) is 13. The first-order valence-electron chi connectivity index (χ1n) is 21.3. The van der Waals surface area contributed by atoms with Gasteiger partial charge in [0.05, 0.1) is 42.4 Å². The van der Waals surface area contributed by atoms with Crippen LogP contribution in [0, 0.1) is 13.8 Å². The normalized spacial score (nSPS) is 24.8. The number of carbonyl (C=O) groups excluding carboxylic acids is 4. The molecule has 62 heavy (non-hydrogen) atoms. The largest absolute Gasteiger partial charge is 0.469 e. The number of aliphatic hydroxyl groups is 4. The first kappa shape index (κ1) is 46.5. The summed E-state index contributed by atoms with van der Waals surface area (Å²) < 4.78 is 10.5. The van der Waals surface area contributed by atoms with Gasteiger partial charge in [0.25, 0.3) is 5.91 Å². The Morgan fingerprint density at radius 2 is 1.52 bits per heavy atom. The molecule has 9 atom stereocenters. The summed E-state index contributed by atoms with van der Waals surface area (Å²) >= 11 is 0. The molecule has 0 spiro atoms. The molecule has 17 heteroatoms. The van der Waals surface area contributed by atoms with E-state index in [-0.39, 0.29) is 48.7 Å². The number of aliphatic hydroxyl groups excluding tert-OH is 4. The Hall–Kier alpha value is -5.04. The lowest BCUT2D eigenvalue weighted by molar-refractivity contribution is -0.253. The van der Waals surface area contributed by atoms with Crippen molar-refractivity contribution in [3.63, 3.8) is 0 Å². The lowest BCUT2D eigenvalue weighted by Crippen LogP contribution is -2.64. The second-order valence-corrected chi connectivity index (χ2v) is 17.1. The van der Waals surface area contributed by atoms with Gasteiger partial charge < -0.3 is 55.4 Å². The number of esters is 1. The number of Topliss-reactive ketones (excluding diaryl/α,β-unsaturated/α-hetero) is 1. The summed E-state index contributed by atoms with van der Waals surface area (Å²) in [5.74, 6) is -2.50. The highest BCUT2D eigenvalue weighted by molar-refractivity contribution is 6.06. The quantitative estimate of drug-likeness (QED) is 0.0911. The summed E-state index contributed by atoms with van der Waals surface area (Å²) in [6, 6.07) is 4.37. The fourth-order valence-electron chi connectivity index (χ4n) is 9.13. The van der Waals surface area contributed by atoms with Crippen LogP contribution in [-0.4, -0.2) is 140 Å². The van der Waals surface area contributed by atoms with Crippen molar-refractivity contribution in [3.05, 3.63) is 68.8 Å². The molecule has 3 aromatic rings. The Balaban J connectivity index is 1.61. The van der Waals surface area contributed by atoms with Gasteiger partial charge in [0.2, 0.25) is 5.91 Å². The van der Waals surface area contributed by atoms with Gasteiger partial charge in [-0.1, -0.05) is 20.8 Å². The van der Waals surface area contributed by atoms with Crippen molar-refractivity contribution >= 4 is 45.6 Å². The number of hydrogen-bond donors (Lipinski definition) is 8. The van der Waals surface area contributed by atoms with Gasteiger partial charge in [-0.25, -0.2) is 0 Å². The third-order valence-corrected chi connectivity index (χ3v) is 12.8. The second kappa shape index (κ2) is 19.1. The zero-order valence-corrected chi connectivity index (χ0v) is 37.0. The van der Waals surface area contributed by atoms with Crippen LogP contribution >= 0.6 is 0 Å². The zero-order chi connectivity index (χ0) is 45.3. The third kappa shape index (κ3) is 9.19. The van der Waals surface area contributed by atoms with E-state index >= 15 is 0 Å². The molecule has 1 saturated heterocycles. The highest BCUT2D eigenvalue weighted by atomic mass is 16.6. The molecule has 3 aliphatic rings. The van der Waals surface area contributed by atoms with Gasteiger partial charge in [-0.05, 0) is 77.0 Å². The van der Waals surface area contributed by atoms with Gasteiger partial charge in [-0.15, -0.1) is 0 Å². The molecule has 17 nitrogen and oxygen atoms in total. The predicted molar refractivity (Wildman–Crippen MR) is 231 cm³/mol. The number of aromatic nitrogens is 4. The number of aromatic amines is 2. The molecule has 0 aliphatic carbocycles. The molecule has 2 amide bonds. The second-order valence-electron chi connectivity index (χ2n) is 17.1. The van der Waals surface area contributed by atoms with Crippen molar-refractivity contribution in [3.8, 4) is 0 Å². The number of amides is 2. The van der Waals surface area contributed by atoms with Gasteiger partial charge >= 0.3 is 5.97 Å². The van der Waals surface area contributed by atoms with Crippen LogP contribution in [0.25, 0.3) is 22.1 Å². The van der Waals surface area contributed by atoms with Gasteiger partial charge in [-0.3, -0.25) is 29.1 Å². The van der Waals surface area contributed by atoms with E-state index in [1.807, 2.05) is 58.0 Å². The Morgan fingerprint density at radius 1 is 0.887 bits per heavy atom. The summed E-state index contributed by atoms with van der Waals surface area (Å²) in [5, 5.41) is 46.9. The molecular formula is C45H61N7O10. The van der Waals surface area contributed by atoms with Crippen LogP contribution in [0.1, 0.15) is 131 Å². The minimum Gasteiger partial charge on any atom is -0.469 e. The number of carbonyl (C=O) groups is 4. The van der Waals surface area contributed by atoms with Crippen LogP contribution < -0.4 is 10.6 Å². The van der Waals surface area contributed by atoms with Crippen LogP contribution in [0.15, 0.2) is 18.2 Å². The number of fused-ring (bicyclic) bond motifs is 8. The number of likely N-dealkylation sites (N-methyl/N-ethyl adjacent to an activating group) is 1. The van der Waals surface area contributed by atoms with E-state index in [4.69, 9.17) is 19.4 Å². The summed E-state index contributed by atoms with van der Waals surface area (Å²) in [6.07, 6.45) is -5.62. The minimum atomic E-state index is -1.70. The number of ether oxygens (including phenoxy) is 2. The Bertz CT molecular complexity index is 2370. The van der Waals surface area contributed by atoms with E-state index in [0.717, 1.165) is 23.4 Å². The molecule has 5 unspecified atom stereocenters. The van der Waals surface area contributed by atoms with Crippen molar-refractivity contribution in [1.29, 1.82) is 0 Å². The highest BCUT2D eigenvalue weighted by Crippen LogP contribution is 2.44. The maximum absolute atomic E-state index is 14.3. The zero-order valence-electron chi connectivity index (χ0n) is 37.0. The van der Waals surface area contributed by atoms with E-state index in [9.17, 15) is 39.6 Å². The topological polar surface area (TPSA) is 252 Å². The molecule has 3 aliphatic heterocycles. The number of rotatable bonds is 13. The average Bonchev–Trinajstić information content (AvgIpc) is 3.91. The van der Waals surface area contributed by atoms with Crippen LogP contribution in [0.2, 0.25) is 0 Å². The van der Waals surface area contributed by atoms with Crippen LogP contribution in [0.4, 0.5) is 0 Å². The fourth-order valence-corrected chi connectivity index (χ4v) is 9.13. The van der Waals surface area contributed by atoms with Crippen molar-refractivity contribution in [2.75, 3.05) is 40.9 Å². The fraction of sp³-hybridized carbons (Fsp3) is 0.556. The van der Waals surface area contributed by atoms with Crippen LogP contribution in [0.5, 0.6) is 0 Å². The summed E-state index contributed by atoms with van der Waals surface area (Å²) in [6.45, 7) is 11.7. The smallest absolute Gasteiger partial charge is 0.310 e. The van der Waals surface area contributed by atoms with Gasteiger partial charge in [0, 0.05) is 82.4 Å². The highest BCUT2D eigenvalue weighted by Gasteiger charge is 2.44. The number of aryl methyl sites for hydroxylation is 2. The van der Waals surface area contributed by atoms with E-state index in [0.29, 0.717) is 68.8 Å². The number of nitrogens with one attached hydrogen (secondary N) is 4. The van der Waals surface area contributed by atoms with Gasteiger partial charge in [0.15, 0.2) is 12.1 Å². The molecule has 0 aromatic carbocycles. The minimum absolute atomic E-state index is 0.0105. The number of nitrogens with zero attached hydrogens (tertiary/aromatic N) is 3. The SMILES string of the molecule is CC[C@H]1c2cc3[nH]c(c(CC(=O)OC)c4nc(cc5[nH]c(cc(n2)[C@@H]1C)c(C(C)=O)c5C)[C@@H](C)[C@@H]4CCC(=O)NC1C(O)OC(CO)C(O)C1O)c(C(=O)NCCN(C)C)c3C. The van der Waals surface area contributed by atoms with Crippen molar-refractivity contribution < 1.29 is 49.1 Å². The molecule has 1 fully saturated rings. The molecule has 6 rings (SSSR count). The van der Waals surface area contributed by atoms with E-state index < -0.39 is 55.0 Å². The standard InChI is InChI=1S/C45H61N7O10/c1-10-25-20(2)28-18-33-37(24(6)54)22(4)30(48-33)16-29-21(3)26(11-12-35(55)51-41-43(58)42(57)34(19-53)62-45(41)60)39(49-29)27(15-36(56)61-9)40-38(44(59)46-13-14-52(7)8)23(5)31(50-40)17-32(25)47-28/h16-18,20-21,25-26,34,41-43,45,48,50,53,57-58,60H,10-15,19H2,1-9H3,(H,46,59)(H,51,55)/t20-,21+,25-,26+,34?,41?,42?,43?,45?/m1/s1. The predicted octanol–water partition coefficient (Wildman–Crippen LogP) is 3.02. The maximum Gasteiger partial charge on any atom is 0.310 e. The lowest BCUT2D eigenvalue weighted by Gasteiger charge is -2.40.